The Morgan fingerprint density at radius 3 is 1.45 bits per heavy atom. The Morgan fingerprint density at radius 1 is 0.750 bits per heavy atom. The van der Waals surface area contributed by atoms with Crippen LogP contribution < -0.4 is 0 Å². The monoisotopic (exact) mass is 328 g/mol. The summed E-state index contributed by atoms with van der Waals surface area (Å²) < 4.78 is 0. The first kappa shape index (κ1) is 25.5. The van der Waals surface area contributed by atoms with Gasteiger partial charge in [-0.1, -0.05) is 85.0 Å². The zero-order valence-electron chi connectivity index (χ0n) is 14.1. The van der Waals surface area contributed by atoms with Gasteiger partial charge >= 0.3 is 0 Å². The maximum Gasteiger partial charge on any atom is 0.0642 e. The van der Waals surface area contributed by atoms with Crippen molar-refractivity contribution < 1.29 is 5.11 Å². The molecule has 0 aromatic rings. The number of unbranched alkanes of at least 4 members (excludes halogenated alkanes) is 9. The predicted octanol–water partition coefficient (Wildman–Crippen LogP) is 6.55. The topological polar surface area (TPSA) is 20.2 Å². The van der Waals surface area contributed by atoms with E-state index in [2.05, 4.69) is 20.8 Å². The van der Waals surface area contributed by atoms with E-state index in [1.54, 1.807) is 0 Å². The molecule has 1 N–H and O–H groups in total. The van der Waals surface area contributed by atoms with Crippen molar-refractivity contribution in [2.24, 2.45) is 5.92 Å². The van der Waals surface area contributed by atoms with Gasteiger partial charge in [0.25, 0.3) is 0 Å². The zero-order valence-corrected chi connectivity index (χ0v) is 15.8. The Morgan fingerprint density at radius 2 is 1.10 bits per heavy atom. The van der Waals surface area contributed by atoms with Gasteiger partial charge in [-0.2, -0.15) is 0 Å². The number of aliphatic hydroxyl groups is 1. The molecule has 0 radical (unpaired) electrons. The lowest BCUT2D eigenvalue weighted by Gasteiger charge is -2.27. The first-order valence-electron chi connectivity index (χ1n) is 8.23. The van der Waals surface area contributed by atoms with Crippen molar-refractivity contribution in [3.8, 4) is 0 Å². The van der Waals surface area contributed by atoms with Crippen LogP contribution in [0.5, 0.6) is 0 Å². The van der Waals surface area contributed by atoms with Crippen LogP contribution >= 0.6 is 24.8 Å². The molecule has 126 valence electrons. The van der Waals surface area contributed by atoms with Crippen LogP contribution in [0, 0.1) is 5.92 Å². The molecule has 0 amide bonds. The van der Waals surface area contributed by atoms with Crippen LogP contribution in [0.4, 0.5) is 0 Å². The molecule has 0 aliphatic carbocycles. The van der Waals surface area contributed by atoms with E-state index in [1.165, 1.54) is 64.2 Å². The molecule has 0 rings (SSSR count). The van der Waals surface area contributed by atoms with Gasteiger partial charge in [-0.25, -0.2) is 0 Å². The molecule has 0 saturated heterocycles. The number of rotatable bonds is 12. The van der Waals surface area contributed by atoms with Crippen molar-refractivity contribution in [1.82, 2.24) is 0 Å². The molecule has 0 bridgehead atoms. The number of hydrogen-bond donors (Lipinski definition) is 1. The third-order valence-electron chi connectivity index (χ3n) is 4.28. The van der Waals surface area contributed by atoms with Gasteiger partial charge in [0.2, 0.25) is 0 Å². The second kappa shape index (κ2) is 15.9. The summed E-state index contributed by atoms with van der Waals surface area (Å²) in [6, 6.07) is 0. The predicted molar refractivity (Wildman–Crippen MR) is 96.4 cm³/mol. The molecule has 0 spiro atoms. The normalized spacial score (nSPS) is 13.5. The van der Waals surface area contributed by atoms with Gasteiger partial charge in [-0.3, -0.25) is 0 Å². The molecule has 0 saturated carbocycles. The standard InChI is InChI=1S/C17H36O.2ClH/c1-5-6-7-8-9-10-11-12-13-14-15-17(4,18)16(2)3;;/h16,18H,5-15H2,1-4H3;2*1H. The van der Waals surface area contributed by atoms with Gasteiger partial charge in [-0.05, 0) is 19.3 Å². The third kappa shape index (κ3) is 14.9. The second-order valence-corrected chi connectivity index (χ2v) is 6.44. The summed E-state index contributed by atoms with van der Waals surface area (Å²) in [5.41, 5.74) is -0.458. The summed E-state index contributed by atoms with van der Waals surface area (Å²) in [6.45, 7) is 8.46. The lowest BCUT2D eigenvalue weighted by molar-refractivity contribution is 0.00307. The fraction of sp³-hybridized carbons (Fsp3) is 1.00. The van der Waals surface area contributed by atoms with Crippen LogP contribution in [0.2, 0.25) is 0 Å². The summed E-state index contributed by atoms with van der Waals surface area (Å²) >= 11 is 0. The second-order valence-electron chi connectivity index (χ2n) is 6.44. The SMILES string of the molecule is CCCCCCCCCCCCC(C)(O)C(C)C.Cl.Cl. The highest BCUT2D eigenvalue weighted by Gasteiger charge is 2.23. The first-order valence-corrected chi connectivity index (χ1v) is 8.23. The highest BCUT2D eigenvalue weighted by atomic mass is 35.5. The highest BCUT2D eigenvalue weighted by molar-refractivity contribution is 5.85. The van der Waals surface area contributed by atoms with Crippen LogP contribution in [-0.2, 0) is 0 Å². The lowest BCUT2D eigenvalue weighted by atomic mass is 9.87. The zero-order chi connectivity index (χ0) is 13.9. The molecule has 1 nitrogen and oxygen atoms in total. The Bertz CT molecular complexity index is 182. The van der Waals surface area contributed by atoms with Crippen molar-refractivity contribution in [3.05, 3.63) is 0 Å². The van der Waals surface area contributed by atoms with E-state index in [1.807, 2.05) is 6.92 Å². The average molecular weight is 329 g/mol. The van der Waals surface area contributed by atoms with E-state index in [9.17, 15) is 5.11 Å². The highest BCUT2D eigenvalue weighted by Crippen LogP contribution is 2.23. The van der Waals surface area contributed by atoms with Gasteiger partial charge < -0.3 is 5.11 Å². The molecule has 0 aliphatic heterocycles. The fourth-order valence-electron chi connectivity index (χ4n) is 2.26. The molecular formula is C17H38Cl2O. The van der Waals surface area contributed by atoms with Crippen molar-refractivity contribution in [2.75, 3.05) is 0 Å². The van der Waals surface area contributed by atoms with Crippen molar-refractivity contribution >= 4 is 24.8 Å². The molecule has 1 unspecified atom stereocenters. The fourth-order valence-corrected chi connectivity index (χ4v) is 2.26. The lowest BCUT2D eigenvalue weighted by Crippen LogP contribution is -2.30. The van der Waals surface area contributed by atoms with E-state index in [4.69, 9.17) is 0 Å². The molecule has 0 aromatic heterocycles. The van der Waals surface area contributed by atoms with E-state index in [0.717, 1.165) is 6.42 Å². The summed E-state index contributed by atoms with van der Waals surface area (Å²) in [5, 5.41) is 10.1. The Labute approximate surface area is 140 Å². The van der Waals surface area contributed by atoms with E-state index in [-0.39, 0.29) is 24.8 Å². The van der Waals surface area contributed by atoms with Gasteiger partial charge in [0.15, 0.2) is 0 Å². The maximum atomic E-state index is 10.1. The Kier molecular flexibility index (Phi) is 20.3. The third-order valence-corrected chi connectivity index (χ3v) is 4.28. The van der Waals surface area contributed by atoms with Crippen LogP contribution in [-0.4, -0.2) is 10.7 Å². The Balaban J connectivity index is -0.00000144. The molecular weight excluding hydrogens is 291 g/mol. The number of hydrogen-bond acceptors (Lipinski definition) is 1. The molecule has 20 heavy (non-hydrogen) atoms. The molecule has 0 heterocycles. The van der Waals surface area contributed by atoms with Crippen LogP contribution in [0.1, 0.15) is 98.3 Å². The Hall–Kier alpha value is 0.540. The summed E-state index contributed by atoms with van der Waals surface area (Å²) in [7, 11) is 0. The van der Waals surface area contributed by atoms with Gasteiger partial charge in [0.1, 0.15) is 0 Å². The molecule has 0 aromatic carbocycles. The minimum atomic E-state index is -0.458. The summed E-state index contributed by atoms with van der Waals surface area (Å²) in [6.07, 6.45) is 14.6. The van der Waals surface area contributed by atoms with Crippen LogP contribution in [0.25, 0.3) is 0 Å². The summed E-state index contributed by atoms with van der Waals surface area (Å²) in [5.74, 6) is 0.371. The van der Waals surface area contributed by atoms with Gasteiger partial charge in [0.05, 0.1) is 5.60 Å². The minimum absolute atomic E-state index is 0. The molecule has 3 heteroatoms. The minimum Gasteiger partial charge on any atom is -0.390 e. The van der Waals surface area contributed by atoms with Gasteiger partial charge in [0, 0.05) is 0 Å². The van der Waals surface area contributed by atoms with Crippen molar-refractivity contribution in [3.63, 3.8) is 0 Å². The molecule has 1 atom stereocenters. The van der Waals surface area contributed by atoms with E-state index >= 15 is 0 Å². The van der Waals surface area contributed by atoms with Crippen LogP contribution in [0.3, 0.4) is 0 Å². The number of halogens is 2. The van der Waals surface area contributed by atoms with Crippen LogP contribution in [0.15, 0.2) is 0 Å². The quantitative estimate of drug-likeness (QED) is 0.403. The average Bonchev–Trinajstić information content (AvgIpc) is 2.31. The largest absolute Gasteiger partial charge is 0.390 e. The first-order chi connectivity index (χ1) is 8.50. The van der Waals surface area contributed by atoms with Gasteiger partial charge in [-0.15, -0.1) is 24.8 Å². The molecule has 0 fully saturated rings. The summed E-state index contributed by atoms with van der Waals surface area (Å²) in [4.78, 5) is 0. The van der Waals surface area contributed by atoms with E-state index < -0.39 is 5.60 Å². The molecule has 0 aliphatic rings. The van der Waals surface area contributed by atoms with Crippen molar-refractivity contribution in [1.29, 1.82) is 0 Å². The van der Waals surface area contributed by atoms with E-state index in [0.29, 0.717) is 5.92 Å². The smallest absolute Gasteiger partial charge is 0.0642 e. The van der Waals surface area contributed by atoms with Crippen molar-refractivity contribution in [2.45, 2.75) is 104 Å². The maximum absolute atomic E-state index is 10.1.